The monoisotopic (exact) mass is 286 g/mol. The number of nitrogens with zero attached hydrogens (tertiary/aromatic N) is 2. The molecule has 0 unspecified atom stereocenters. The summed E-state index contributed by atoms with van der Waals surface area (Å²) in [5.74, 6) is 1.42. The van der Waals surface area contributed by atoms with Gasteiger partial charge in [0, 0.05) is 13.1 Å². The molecule has 0 spiro atoms. The van der Waals surface area contributed by atoms with E-state index in [2.05, 4.69) is 4.98 Å². The fourth-order valence-electron chi connectivity index (χ4n) is 1.74. The summed E-state index contributed by atoms with van der Waals surface area (Å²) >= 11 is 0. The first kappa shape index (κ1) is 14.8. The highest BCUT2D eigenvalue weighted by atomic mass is 16.6. The third-order valence-corrected chi connectivity index (χ3v) is 3.22. The lowest BCUT2D eigenvalue weighted by Gasteiger charge is -2.16. The quantitative estimate of drug-likeness (QED) is 0.868. The summed E-state index contributed by atoms with van der Waals surface area (Å²) in [7, 11) is 3.13. The van der Waals surface area contributed by atoms with Crippen LogP contribution in [0.5, 0.6) is 11.6 Å². The van der Waals surface area contributed by atoms with Crippen molar-refractivity contribution in [3.8, 4) is 11.6 Å². The molecule has 1 amide bonds. The minimum atomic E-state index is -0.501. The number of methoxy groups -OCH3 is 1. The molecule has 0 aliphatic carbocycles. The van der Waals surface area contributed by atoms with E-state index >= 15 is 0 Å². The largest absolute Gasteiger partial charge is 0.481 e. The van der Waals surface area contributed by atoms with Crippen molar-refractivity contribution < 1.29 is 14.3 Å². The second-order valence-corrected chi connectivity index (χ2v) is 4.71. The second kappa shape index (κ2) is 6.26. The maximum absolute atomic E-state index is 12.1. The Morgan fingerprint density at radius 2 is 1.90 bits per heavy atom. The number of aromatic nitrogens is 1. The van der Waals surface area contributed by atoms with Gasteiger partial charge < -0.3 is 9.47 Å². The van der Waals surface area contributed by atoms with Gasteiger partial charge in [-0.25, -0.2) is 4.79 Å². The van der Waals surface area contributed by atoms with Crippen LogP contribution in [0.15, 0.2) is 36.4 Å². The van der Waals surface area contributed by atoms with Gasteiger partial charge in [0.1, 0.15) is 11.6 Å². The molecular formula is C16H18N2O3. The van der Waals surface area contributed by atoms with Crippen LogP contribution in [0.4, 0.5) is 10.6 Å². The van der Waals surface area contributed by atoms with Crippen molar-refractivity contribution in [1.29, 1.82) is 0 Å². The molecule has 1 aromatic heterocycles. The van der Waals surface area contributed by atoms with Gasteiger partial charge >= 0.3 is 6.09 Å². The van der Waals surface area contributed by atoms with Gasteiger partial charge in [-0.15, -0.1) is 0 Å². The number of anilines is 1. The van der Waals surface area contributed by atoms with Crippen molar-refractivity contribution in [2.24, 2.45) is 0 Å². The van der Waals surface area contributed by atoms with Gasteiger partial charge in [-0.2, -0.15) is 4.98 Å². The molecule has 0 N–H and O–H groups in total. The molecule has 0 fully saturated rings. The predicted octanol–water partition coefficient (Wildman–Crippen LogP) is 3.34. The number of aryl methyl sites for hydroxylation is 2. The number of benzene rings is 1. The zero-order valence-corrected chi connectivity index (χ0v) is 12.6. The average Bonchev–Trinajstić information content (AvgIpc) is 2.50. The molecule has 0 bridgehead atoms. The van der Waals surface area contributed by atoms with Gasteiger partial charge in [0.15, 0.2) is 0 Å². The summed E-state index contributed by atoms with van der Waals surface area (Å²) in [5, 5.41) is 0. The van der Waals surface area contributed by atoms with Crippen LogP contribution < -0.4 is 14.4 Å². The molecule has 1 heterocycles. The smallest absolute Gasteiger partial charge is 0.420 e. The second-order valence-electron chi connectivity index (χ2n) is 4.71. The van der Waals surface area contributed by atoms with Crippen LogP contribution >= 0.6 is 0 Å². The Morgan fingerprint density at radius 3 is 2.57 bits per heavy atom. The van der Waals surface area contributed by atoms with Gasteiger partial charge in [0.25, 0.3) is 0 Å². The first-order valence-corrected chi connectivity index (χ1v) is 6.55. The number of amides is 1. The number of rotatable bonds is 3. The molecule has 110 valence electrons. The number of carbonyl (C=O) groups excluding carboxylic acids is 1. The minimum Gasteiger partial charge on any atom is -0.481 e. The highest BCUT2D eigenvalue weighted by Crippen LogP contribution is 2.19. The van der Waals surface area contributed by atoms with Crippen molar-refractivity contribution in [2.45, 2.75) is 13.8 Å². The maximum atomic E-state index is 12.1. The number of hydrogen-bond donors (Lipinski definition) is 0. The highest BCUT2D eigenvalue weighted by molar-refractivity contribution is 5.87. The molecule has 0 aliphatic rings. The van der Waals surface area contributed by atoms with Crippen molar-refractivity contribution in [3.63, 3.8) is 0 Å². The van der Waals surface area contributed by atoms with E-state index in [-0.39, 0.29) is 0 Å². The summed E-state index contributed by atoms with van der Waals surface area (Å²) in [4.78, 5) is 17.7. The number of carbonyl (C=O) groups is 1. The van der Waals surface area contributed by atoms with E-state index in [4.69, 9.17) is 9.47 Å². The third kappa shape index (κ3) is 3.51. The van der Waals surface area contributed by atoms with E-state index in [0.717, 1.165) is 11.1 Å². The molecule has 5 heteroatoms. The topological polar surface area (TPSA) is 51.7 Å². The molecule has 2 aromatic rings. The van der Waals surface area contributed by atoms with Crippen LogP contribution in [0.25, 0.3) is 0 Å². The zero-order chi connectivity index (χ0) is 15.4. The Bertz CT molecular complexity index is 656. The Kier molecular flexibility index (Phi) is 4.42. The number of ether oxygens (including phenoxy) is 2. The minimum absolute atomic E-state index is 0.443. The van der Waals surface area contributed by atoms with Gasteiger partial charge in [-0.05, 0) is 43.2 Å². The van der Waals surface area contributed by atoms with Crippen LogP contribution in [0.3, 0.4) is 0 Å². The van der Waals surface area contributed by atoms with E-state index in [1.807, 2.05) is 26.0 Å². The van der Waals surface area contributed by atoms with Crippen LogP contribution in [0.2, 0.25) is 0 Å². The SMILES string of the molecule is COc1cccc(N(C)C(=O)Oc2ccc(C)c(C)c2)n1. The molecule has 0 radical (unpaired) electrons. The molecule has 0 aliphatic heterocycles. The molecule has 0 saturated heterocycles. The first-order chi connectivity index (χ1) is 10.0. The van der Waals surface area contributed by atoms with Crippen molar-refractivity contribution in [3.05, 3.63) is 47.5 Å². The molecule has 2 rings (SSSR count). The lowest BCUT2D eigenvalue weighted by molar-refractivity contribution is 0.209. The van der Waals surface area contributed by atoms with Crippen LogP contribution in [-0.2, 0) is 0 Å². The van der Waals surface area contributed by atoms with Gasteiger partial charge in [-0.1, -0.05) is 12.1 Å². The van der Waals surface area contributed by atoms with E-state index < -0.39 is 6.09 Å². The summed E-state index contributed by atoms with van der Waals surface area (Å²) < 4.78 is 10.4. The summed E-state index contributed by atoms with van der Waals surface area (Å²) in [6, 6.07) is 10.7. The van der Waals surface area contributed by atoms with Crippen molar-refractivity contribution >= 4 is 11.9 Å². The van der Waals surface area contributed by atoms with Crippen molar-refractivity contribution in [2.75, 3.05) is 19.1 Å². The standard InChI is InChI=1S/C16H18N2O3/c1-11-8-9-13(10-12(11)2)21-16(19)18(3)14-6-5-7-15(17-14)20-4/h5-10H,1-4H3. The lowest BCUT2D eigenvalue weighted by atomic mass is 10.1. The Balaban J connectivity index is 2.13. The van der Waals surface area contributed by atoms with Crippen LogP contribution in [0.1, 0.15) is 11.1 Å². The van der Waals surface area contributed by atoms with Gasteiger partial charge in [0.05, 0.1) is 7.11 Å². The van der Waals surface area contributed by atoms with E-state index in [1.54, 1.807) is 31.3 Å². The Labute approximate surface area is 124 Å². The molecular weight excluding hydrogens is 268 g/mol. The van der Waals surface area contributed by atoms with Crippen LogP contribution in [0, 0.1) is 13.8 Å². The molecule has 1 aromatic carbocycles. The fourth-order valence-corrected chi connectivity index (χ4v) is 1.74. The number of pyridine rings is 1. The van der Waals surface area contributed by atoms with Gasteiger partial charge in [-0.3, -0.25) is 4.90 Å². The molecule has 0 saturated carbocycles. The Hall–Kier alpha value is -2.56. The van der Waals surface area contributed by atoms with E-state index in [9.17, 15) is 4.79 Å². The fraction of sp³-hybridized carbons (Fsp3) is 0.250. The van der Waals surface area contributed by atoms with E-state index in [1.165, 1.54) is 12.0 Å². The normalized spacial score (nSPS) is 10.1. The summed E-state index contributed by atoms with van der Waals surface area (Å²) in [6.45, 7) is 3.98. The highest BCUT2D eigenvalue weighted by Gasteiger charge is 2.15. The molecule has 0 atom stereocenters. The van der Waals surface area contributed by atoms with Crippen molar-refractivity contribution in [1.82, 2.24) is 4.98 Å². The molecule has 21 heavy (non-hydrogen) atoms. The lowest BCUT2D eigenvalue weighted by Crippen LogP contribution is -2.30. The van der Waals surface area contributed by atoms with Gasteiger partial charge in [0.2, 0.25) is 5.88 Å². The zero-order valence-electron chi connectivity index (χ0n) is 12.6. The van der Waals surface area contributed by atoms with Crippen LogP contribution in [-0.4, -0.2) is 25.2 Å². The third-order valence-electron chi connectivity index (χ3n) is 3.22. The Morgan fingerprint density at radius 1 is 1.14 bits per heavy atom. The van der Waals surface area contributed by atoms with E-state index in [0.29, 0.717) is 17.4 Å². The molecule has 5 nitrogen and oxygen atoms in total. The predicted molar refractivity (Wildman–Crippen MR) is 81.1 cm³/mol. The first-order valence-electron chi connectivity index (χ1n) is 6.55. The summed E-state index contributed by atoms with van der Waals surface area (Å²) in [6.07, 6.45) is -0.501. The number of hydrogen-bond acceptors (Lipinski definition) is 4. The average molecular weight is 286 g/mol. The summed E-state index contributed by atoms with van der Waals surface area (Å²) in [5.41, 5.74) is 2.22. The maximum Gasteiger partial charge on any atom is 0.420 e.